The molecule has 0 aromatic carbocycles. The van der Waals surface area contributed by atoms with Crippen molar-refractivity contribution in [3.8, 4) is 0 Å². The third-order valence-electron chi connectivity index (χ3n) is 3.62. The van der Waals surface area contributed by atoms with E-state index in [1.54, 1.807) is 0 Å². The smallest absolute Gasteiger partial charge is 0.239 e. The molecular weight excluding hydrogens is 200 g/mol. The van der Waals surface area contributed by atoms with Crippen LogP contribution in [0.4, 0.5) is 5.95 Å². The molecule has 4 heteroatoms. The summed E-state index contributed by atoms with van der Waals surface area (Å²) >= 11 is 0. The Bertz CT molecular complexity index is 302. The normalized spacial score (nSPS) is 11.9. The van der Waals surface area contributed by atoms with Gasteiger partial charge in [0.25, 0.3) is 0 Å². The third-order valence-corrected chi connectivity index (χ3v) is 3.62. The third kappa shape index (κ3) is 2.74. The lowest BCUT2D eigenvalue weighted by Gasteiger charge is -2.29. The molecule has 0 spiro atoms. The fourth-order valence-corrected chi connectivity index (χ4v) is 2.28. The Morgan fingerprint density at radius 3 is 2.31 bits per heavy atom. The Morgan fingerprint density at radius 1 is 1.19 bits per heavy atom. The van der Waals surface area contributed by atoms with Gasteiger partial charge < -0.3 is 5.73 Å². The van der Waals surface area contributed by atoms with Crippen LogP contribution in [0.15, 0.2) is 0 Å². The highest BCUT2D eigenvalue weighted by Gasteiger charge is 2.31. The second kappa shape index (κ2) is 5.87. The van der Waals surface area contributed by atoms with E-state index in [1.165, 1.54) is 25.7 Å². The summed E-state index contributed by atoms with van der Waals surface area (Å²) in [6, 6.07) is 0. The van der Waals surface area contributed by atoms with E-state index in [0.717, 1.165) is 18.7 Å². The van der Waals surface area contributed by atoms with Gasteiger partial charge in [-0.1, -0.05) is 40.0 Å². The fourth-order valence-electron chi connectivity index (χ4n) is 2.28. The number of hydrogen-bond donors (Lipinski definition) is 2. The summed E-state index contributed by atoms with van der Waals surface area (Å²) in [5, 5.41) is 6.94. The van der Waals surface area contributed by atoms with Gasteiger partial charge in [-0.05, 0) is 19.3 Å². The van der Waals surface area contributed by atoms with Crippen LogP contribution >= 0.6 is 0 Å². The molecule has 0 unspecified atom stereocenters. The summed E-state index contributed by atoms with van der Waals surface area (Å²) in [7, 11) is 0. The van der Waals surface area contributed by atoms with Gasteiger partial charge in [0, 0.05) is 5.41 Å². The average molecular weight is 224 g/mol. The molecule has 0 atom stereocenters. The monoisotopic (exact) mass is 224 g/mol. The van der Waals surface area contributed by atoms with Gasteiger partial charge in [0.15, 0.2) is 0 Å². The van der Waals surface area contributed by atoms with Crippen molar-refractivity contribution in [1.29, 1.82) is 0 Å². The molecule has 1 aromatic heterocycles. The minimum Gasteiger partial charge on any atom is -0.367 e. The largest absolute Gasteiger partial charge is 0.367 e. The number of anilines is 1. The quantitative estimate of drug-likeness (QED) is 0.699. The van der Waals surface area contributed by atoms with Crippen LogP contribution in [0.3, 0.4) is 0 Å². The Hall–Kier alpha value is -1.06. The van der Waals surface area contributed by atoms with E-state index in [-0.39, 0.29) is 5.41 Å². The van der Waals surface area contributed by atoms with Crippen LogP contribution in [-0.2, 0) is 5.41 Å². The molecule has 0 aliphatic carbocycles. The van der Waals surface area contributed by atoms with E-state index >= 15 is 0 Å². The lowest BCUT2D eigenvalue weighted by Crippen LogP contribution is -2.26. The summed E-state index contributed by atoms with van der Waals surface area (Å²) < 4.78 is 0. The van der Waals surface area contributed by atoms with Crippen molar-refractivity contribution in [2.24, 2.45) is 0 Å². The molecule has 0 radical (unpaired) electrons. The van der Waals surface area contributed by atoms with Gasteiger partial charge in [0.05, 0.1) is 0 Å². The zero-order chi connectivity index (χ0) is 12.0. The summed E-state index contributed by atoms with van der Waals surface area (Å²) in [4.78, 5) is 4.31. The number of unbranched alkanes of at least 4 members (excludes halogenated alkanes) is 2. The minimum atomic E-state index is 0.139. The fraction of sp³-hybridized carbons (Fsp3) is 0.833. The number of nitrogens with zero attached hydrogens (tertiary/aromatic N) is 2. The van der Waals surface area contributed by atoms with Crippen LogP contribution in [0.25, 0.3) is 0 Å². The number of nitrogens with two attached hydrogens (primary N) is 1. The van der Waals surface area contributed by atoms with Gasteiger partial charge in [-0.25, -0.2) is 0 Å². The van der Waals surface area contributed by atoms with Crippen molar-refractivity contribution in [2.45, 2.75) is 64.7 Å². The van der Waals surface area contributed by atoms with E-state index in [4.69, 9.17) is 5.73 Å². The first-order valence-electron chi connectivity index (χ1n) is 6.37. The van der Waals surface area contributed by atoms with Gasteiger partial charge >= 0.3 is 0 Å². The molecule has 4 nitrogen and oxygen atoms in total. The number of nitrogen functional groups attached to an aromatic ring is 1. The van der Waals surface area contributed by atoms with Crippen molar-refractivity contribution in [2.75, 3.05) is 5.73 Å². The maximum Gasteiger partial charge on any atom is 0.239 e. The highest BCUT2D eigenvalue weighted by atomic mass is 15.3. The van der Waals surface area contributed by atoms with Crippen LogP contribution in [0.1, 0.15) is 65.1 Å². The van der Waals surface area contributed by atoms with Crippen molar-refractivity contribution < 1.29 is 0 Å². The molecule has 0 bridgehead atoms. The first-order chi connectivity index (χ1) is 7.68. The molecule has 3 N–H and O–H groups in total. The minimum absolute atomic E-state index is 0.139. The summed E-state index contributed by atoms with van der Waals surface area (Å²) in [6.45, 7) is 6.66. The SMILES string of the molecule is CCCCCC(CC)(CC)c1nc(N)n[nH]1. The van der Waals surface area contributed by atoms with E-state index in [0.29, 0.717) is 5.95 Å². The molecule has 0 saturated carbocycles. The van der Waals surface area contributed by atoms with Crippen molar-refractivity contribution in [1.82, 2.24) is 15.2 Å². The molecule has 0 saturated heterocycles. The first kappa shape index (κ1) is 13.0. The standard InChI is InChI=1S/C12H24N4/c1-4-7-8-9-12(5-2,6-3)10-14-11(13)16-15-10/h4-9H2,1-3H3,(H3,13,14,15,16). The Morgan fingerprint density at radius 2 is 1.88 bits per heavy atom. The number of aromatic nitrogens is 3. The van der Waals surface area contributed by atoms with E-state index < -0.39 is 0 Å². The number of H-pyrrole nitrogens is 1. The summed E-state index contributed by atoms with van der Waals surface area (Å²) in [5.41, 5.74) is 5.72. The van der Waals surface area contributed by atoms with Crippen LogP contribution in [0.2, 0.25) is 0 Å². The van der Waals surface area contributed by atoms with Crippen LogP contribution in [0.5, 0.6) is 0 Å². The van der Waals surface area contributed by atoms with Crippen molar-refractivity contribution >= 4 is 5.95 Å². The summed E-state index contributed by atoms with van der Waals surface area (Å²) in [5.74, 6) is 1.32. The molecular formula is C12H24N4. The maximum atomic E-state index is 5.59. The highest BCUT2D eigenvalue weighted by molar-refractivity contribution is 5.18. The average Bonchev–Trinajstić information content (AvgIpc) is 2.72. The van der Waals surface area contributed by atoms with Crippen LogP contribution in [-0.4, -0.2) is 15.2 Å². The predicted molar refractivity (Wildman–Crippen MR) is 67.2 cm³/mol. The van der Waals surface area contributed by atoms with Gasteiger partial charge in [0.2, 0.25) is 5.95 Å². The Kier molecular flexibility index (Phi) is 4.77. The van der Waals surface area contributed by atoms with Crippen molar-refractivity contribution in [3.63, 3.8) is 0 Å². The maximum absolute atomic E-state index is 5.59. The molecule has 0 aliphatic rings. The van der Waals surface area contributed by atoms with E-state index in [2.05, 4.69) is 36.0 Å². The zero-order valence-corrected chi connectivity index (χ0v) is 10.7. The van der Waals surface area contributed by atoms with Gasteiger partial charge in [0.1, 0.15) is 5.82 Å². The number of aromatic amines is 1. The first-order valence-corrected chi connectivity index (χ1v) is 6.37. The molecule has 0 aliphatic heterocycles. The second-order valence-electron chi connectivity index (χ2n) is 4.49. The van der Waals surface area contributed by atoms with Gasteiger partial charge in [-0.15, -0.1) is 5.10 Å². The lowest BCUT2D eigenvalue weighted by atomic mass is 9.77. The molecule has 1 heterocycles. The molecule has 0 amide bonds. The second-order valence-corrected chi connectivity index (χ2v) is 4.49. The van der Waals surface area contributed by atoms with E-state index in [1.807, 2.05) is 0 Å². The van der Waals surface area contributed by atoms with E-state index in [9.17, 15) is 0 Å². The molecule has 16 heavy (non-hydrogen) atoms. The highest BCUT2D eigenvalue weighted by Crippen LogP contribution is 2.34. The summed E-state index contributed by atoms with van der Waals surface area (Å²) in [6.07, 6.45) is 7.12. The predicted octanol–water partition coefficient (Wildman–Crippen LogP) is 3.03. The number of rotatable bonds is 7. The van der Waals surface area contributed by atoms with Crippen molar-refractivity contribution in [3.05, 3.63) is 5.82 Å². The van der Waals surface area contributed by atoms with Gasteiger partial charge in [-0.3, -0.25) is 5.10 Å². The molecule has 1 aromatic rings. The molecule has 1 rings (SSSR count). The Balaban J connectivity index is 2.78. The lowest BCUT2D eigenvalue weighted by molar-refractivity contribution is 0.332. The topological polar surface area (TPSA) is 67.6 Å². The molecule has 92 valence electrons. The van der Waals surface area contributed by atoms with Crippen LogP contribution in [0, 0.1) is 0 Å². The number of nitrogens with one attached hydrogen (secondary N) is 1. The zero-order valence-electron chi connectivity index (χ0n) is 10.7. The molecule has 0 fully saturated rings. The number of hydrogen-bond acceptors (Lipinski definition) is 3. The van der Waals surface area contributed by atoms with Crippen LogP contribution < -0.4 is 5.73 Å². The Labute approximate surface area is 98.0 Å². The van der Waals surface area contributed by atoms with Gasteiger partial charge in [-0.2, -0.15) is 4.98 Å².